The summed E-state index contributed by atoms with van der Waals surface area (Å²) in [6, 6.07) is 6.83. The van der Waals surface area contributed by atoms with E-state index in [4.69, 9.17) is 11.6 Å². The summed E-state index contributed by atoms with van der Waals surface area (Å²) in [4.78, 5) is 11.4. The monoisotopic (exact) mass is 328 g/mol. The van der Waals surface area contributed by atoms with Crippen LogP contribution in [0.15, 0.2) is 29.7 Å². The van der Waals surface area contributed by atoms with Crippen LogP contribution in [0.4, 0.5) is 0 Å². The molecule has 1 aliphatic rings. The van der Waals surface area contributed by atoms with Crippen LogP contribution >= 0.6 is 11.6 Å². The lowest BCUT2D eigenvalue weighted by molar-refractivity contribution is -0.122. The minimum atomic E-state index is -3.51. The van der Waals surface area contributed by atoms with Crippen LogP contribution in [-0.4, -0.2) is 27.4 Å². The molecule has 1 amide bonds. The zero-order chi connectivity index (χ0) is 15.3. The van der Waals surface area contributed by atoms with Crippen LogP contribution in [0.1, 0.15) is 18.4 Å². The van der Waals surface area contributed by atoms with Crippen LogP contribution in [0.2, 0.25) is 5.02 Å². The van der Waals surface area contributed by atoms with Crippen molar-refractivity contribution in [3.63, 3.8) is 0 Å². The lowest BCUT2D eigenvalue weighted by atomic mass is 10.2. The SMILES string of the molecule is O=C(NCCNS(=O)(=O)/C=C/c1ccc(Cl)cc1)C1CC1. The summed E-state index contributed by atoms with van der Waals surface area (Å²) in [5, 5.41) is 4.39. The molecule has 0 saturated heterocycles. The summed E-state index contributed by atoms with van der Waals surface area (Å²) in [7, 11) is -3.51. The molecule has 0 aromatic heterocycles. The van der Waals surface area contributed by atoms with E-state index >= 15 is 0 Å². The van der Waals surface area contributed by atoms with Crippen molar-refractivity contribution in [1.29, 1.82) is 0 Å². The van der Waals surface area contributed by atoms with Crippen molar-refractivity contribution in [2.24, 2.45) is 5.92 Å². The molecule has 0 atom stereocenters. The highest BCUT2D eigenvalue weighted by molar-refractivity contribution is 7.92. The van der Waals surface area contributed by atoms with E-state index in [0.717, 1.165) is 23.8 Å². The quantitative estimate of drug-likeness (QED) is 0.749. The van der Waals surface area contributed by atoms with Crippen LogP contribution in [0, 0.1) is 5.92 Å². The van der Waals surface area contributed by atoms with E-state index in [1.165, 1.54) is 6.08 Å². The number of nitrogens with one attached hydrogen (secondary N) is 2. The number of amides is 1. The van der Waals surface area contributed by atoms with E-state index in [1.54, 1.807) is 24.3 Å². The van der Waals surface area contributed by atoms with Crippen molar-refractivity contribution in [3.05, 3.63) is 40.3 Å². The Kier molecular flexibility index (Phi) is 5.39. The van der Waals surface area contributed by atoms with Crippen molar-refractivity contribution in [2.45, 2.75) is 12.8 Å². The fourth-order valence-corrected chi connectivity index (χ4v) is 2.60. The number of carbonyl (C=O) groups excluding carboxylic acids is 1. The maximum Gasteiger partial charge on any atom is 0.233 e. The van der Waals surface area contributed by atoms with Crippen LogP contribution in [-0.2, 0) is 14.8 Å². The molecule has 1 saturated carbocycles. The number of hydrogen-bond acceptors (Lipinski definition) is 3. The molecular formula is C14H17ClN2O3S. The third-order valence-corrected chi connectivity index (χ3v) is 4.34. The normalized spacial score (nSPS) is 15.3. The summed E-state index contributed by atoms with van der Waals surface area (Å²) in [5.74, 6) is 0.136. The van der Waals surface area contributed by atoms with E-state index in [2.05, 4.69) is 10.0 Å². The van der Waals surface area contributed by atoms with Gasteiger partial charge in [-0.15, -0.1) is 0 Å². The van der Waals surface area contributed by atoms with E-state index in [1.807, 2.05) is 0 Å². The second kappa shape index (κ2) is 7.06. The Balaban J connectivity index is 1.75. The van der Waals surface area contributed by atoms with Gasteiger partial charge in [0.1, 0.15) is 0 Å². The molecule has 1 aromatic carbocycles. The van der Waals surface area contributed by atoms with E-state index in [-0.39, 0.29) is 18.4 Å². The van der Waals surface area contributed by atoms with Gasteiger partial charge < -0.3 is 5.32 Å². The predicted octanol–water partition coefficient (Wildman–Crippen LogP) is 1.76. The Bertz CT molecular complexity index is 622. The maximum atomic E-state index is 11.7. The molecule has 5 nitrogen and oxygen atoms in total. The van der Waals surface area contributed by atoms with Gasteiger partial charge in [-0.05, 0) is 36.6 Å². The Morgan fingerprint density at radius 2 is 1.90 bits per heavy atom. The number of rotatable bonds is 7. The second-order valence-corrected chi connectivity index (χ2v) is 6.95. The molecule has 114 valence electrons. The second-order valence-electron chi connectivity index (χ2n) is 4.86. The lowest BCUT2D eigenvalue weighted by Gasteiger charge is -2.05. The fourth-order valence-electron chi connectivity index (χ4n) is 1.66. The summed E-state index contributed by atoms with van der Waals surface area (Å²) in [6.45, 7) is 0.467. The Morgan fingerprint density at radius 1 is 1.24 bits per heavy atom. The molecule has 1 fully saturated rings. The Morgan fingerprint density at radius 3 is 2.52 bits per heavy atom. The van der Waals surface area contributed by atoms with Gasteiger partial charge in [-0.2, -0.15) is 0 Å². The van der Waals surface area contributed by atoms with Crippen molar-refractivity contribution in [1.82, 2.24) is 10.0 Å². The van der Waals surface area contributed by atoms with Crippen LogP contribution < -0.4 is 10.0 Å². The van der Waals surface area contributed by atoms with Crippen molar-refractivity contribution >= 4 is 33.6 Å². The van der Waals surface area contributed by atoms with Gasteiger partial charge in [-0.3, -0.25) is 4.79 Å². The number of benzene rings is 1. The molecule has 2 N–H and O–H groups in total. The van der Waals surface area contributed by atoms with Gasteiger partial charge >= 0.3 is 0 Å². The van der Waals surface area contributed by atoms with Crippen LogP contribution in [0.25, 0.3) is 6.08 Å². The van der Waals surface area contributed by atoms with Gasteiger partial charge in [-0.1, -0.05) is 23.7 Å². The van der Waals surface area contributed by atoms with Crippen molar-refractivity contribution in [3.8, 4) is 0 Å². The predicted molar refractivity (Wildman–Crippen MR) is 83.1 cm³/mol. The highest BCUT2D eigenvalue weighted by Crippen LogP contribution is 2.28. The summed E-state index contributed by atoms with van der Waals surface area (Å²) >= 11 is 5.75. The smallest absolute Gasteiger partial charge is 0.233 e. The third-order valence-electron chi connectivity index (χ3n) is 2.99. The summed E-state index contributed by atoms with van der Waals surface area (Å²) in [5.41, 5.74) is 0.742. The number of sulfonamides is 1. The van der Waals surface area contributed by atoms with Gasteiger partial charge in [0, 0.05) is 29.4 Å². The van der Waals surface area contributed by atoms with Crippen molar-refractivity contribution in [2.75, 3.05) is 13.1 Å². The molecule has 2 rings (SSSR count). The molecule has 0 heterocycles. The largest absolute Gasteiger partial charge is 0.355 e. The first-order valence-electron chi connectivity index (χ1n) is 6.67. The Labute approximate surface area is 129 Å². The number of carbonyl (C=O) groups is 1. The molecule has 0 aliphatic heterocycles. The zero-order valence-electron chi connectivity index (χ0n) is 11.4. The van der Waals surface area contributed by atoms with Crippen molar-refractivity contribution < 1.29 is 13.2 Å². The first kappa shape index (κ1) is 16.0. The Hall–Kier alpha value is -1.37. The average molecular weight is 329 g/mol. The van der Waals surface area contributed by atoms with Gasteiger partial charge in [-0.25, -0.2) is 13.1 Å². The van der Waals surface area contributed by atoms with Gasteiger partial charge in [0.05, 0.1) is 0 Å². The third kappa shape index (κ3) is 5.87. The molecule has 1 aromatic rings. The zero-order valence-corrected chi connectivity index (χ0v) is 13.0. The average Bonchev–Trinajstić information content (AvgIpc) is 3.27. The fraction of sp³-hybridized carbons (Fsp3) is 0.357. The molecular weight excluding hydrogens is 312 g/mol. The highest BCUT2D eigenvalue weighted by atomic mass is 35.5. The lowest BCUT2D eigenvalue weighted by Crippen LogP contribution is -2.34. The number of halogens is 1. The molecule has 1 aliphatic carbocycles. The minimum Gasteiger partial charge on any atom is -0.355 e. The van der Waals surface area contributed by atoms with E-state index in [0.29, 0.717) is 11.6 Å². The standard InChI is InChI=1S/C14H17ClN2O3S/c15-13-5-1-11(2-6-13)7-10-21(19,20)17-9-8-16-14(18)12-3-4-12/h1-2,5-7,10,12,17H,3-4,8-9H2,(H,16,18)/b10-7+. The molecule has 0 radical (unpaired) electrons. The summed E-state index contributed by atoms with van der Waals surface area (Å²) in [6.07, 6.45) is 3.35. The number of hydrogen-bond donors (Lipinski definition) is 2. The van der Waals surface area contributed by atoms with Gasteiger partial charge in [0.2, 0.25) is 15.9 Å². The topological polar surface area (TPSA) is 75.3 Å². The first-order valence-corrected chi connectivity index (χ1v) is 8.60. The molecule has 21 heavy (non-hydrogen) atoms. The maximum absolute atomic E-state index is 11.7. The van der Waals surface area contributed by atoms with E-state index < -0.39 is 10.0 Å². The highest BCUT2D eigenvalue weighted by Gasteiger charge is 2.28. The molecule has 0 spiro atoms. The van der Waals surface area contributed by atoms with Gasteiger partial charge in [0.25, 0.3) is 0 Å². The molecule has 0 unspecified atom stereocenters. The molecule has 0 bridgehead atoms. The first-order chi connectivity index (χ1) is 9.96. The molecule has 7 heteroatoms. The van der Waals surface area contributed by atoms with Crippen LogP contribution in [0.3, 0.4) is 0 Å². The minimum absolute atomic E-state index is 0.00547. The van der Waals surface area contributed by atoms with E-state index in [9.17, 15) is 13.2 Å². The van der Waals surface area contributed by atoms with Gasteiger partial charge in [0.15, 0.2) is 0 Å². The summed E-state index contributed by atoms with van der Waals surface area (Å²) < 4.78 is 25.8. The van der Waals surface area contributed by atoms with Crippen LogP contribution in [0.5, 0.6) is 0 Å².